The number of rotatable bonds is 8. The van der Waals surface area contributed by atoms with Gasteiger partial charge in [0.15, 0.2) is 0 Å². The molecule has 0 heterocycles. The van der Waals surface area contributed by atoms with Crippen LogP contribution in [0.1, 0.15) is 13.8 Å². The van der Waals surface area contributed by atoms with E-state index in [1.54, 1.807) is 0 Å². The Morgan fingerprint density at radius 3 is 1.20 bits per heavy atom. The molecule has 0 unspecified atom stereocenters. The number of aliphatic carboxylic acids is 2. The highest BCUT2D eigenvalue weighted by molar-refractivity contribution is 7.51. The number of nitrogens with two attached hydrogens (primary N) is 1. The van der Waals surface area contributed by atoms with Gasteiger partial charge < -0.3 is 41.7 Å². The van der Waals surface area contributed by atoms with Crippen LogP contribution in [0.3, 0.4) is 0 Å². The summed E-state index contributed by atoms with van der Waals surface area (Å²) in [5, 5.41) is 20.1. The lowest BCUT2D eigenvalue weighted by atomic mass is 10.5. The Balaban J connectivity index is -0.000000141. The van der Waals surface area contributed by atoms with Gasteiger partial charge in [-0.1, -0.05) is 13.8 Å². The minimum Gasteiger partial charge on any atom is -0.480 e. The Bertz CT molecular complexity index is 409. The molecule has 0 aliphatic heterocycles. The molecule has 13 N–H and O–H groups in total. The second kappa shape index (κ2) is 16.5. The molecule has 0 spiro atoms. The fourth-order valence-corrected chi connectivity index (χ4v) is 1.42. The van der Waals surface area contributed by atoms with Crippen LogP contribution in [0.4, 0.5) is 0 Å². The van der Waals surface area contributed by atoms with Crippen LogP contribution in [0.2, 0.25) is 0 Å². The van der Waals surface area contributed by atoms with Gasteiger partial charge in [-0.3, -0.25) is 29.4 Å². The third kappa shape index (κ3) is 59.9. The zero-order valence-corrected chi connectivity index (χ0v) is 15.7. The summed E-state index contributed by atoms with van der Waals surface area (Å²) in [5.74, 6) is -2.29. The molecule has 0 radical (unpaired) electrons. The fraction of sp³-hybridized carbons (Fsp3) is 0.778. The van der Waals surface area contributed by atoms with E-state index in [4.69, 9.17) is 35.5 Å². The Kier molecular flexibility index (Phi) is 21.1. The lowest BCUT2D eigenvalue weighted by Crippen LogP contribution is -2.23. The molecule has 0 saturated heterocycles. The van der Waals surface area contributed by atoms with E-state index in [2.05, 4.69) is 10.6 Å². The van der Waals surface area contributed by atoms with E-state index in [9.17, 15) is 18.7 Å². The van der Waals surface area contributed by atoms with Gasteiger partial charge in [-0.05, 0) is 6.04 Å². The van der Waals surface area contributed by atoms with Crippen molar-refractivity contribution in [2.24, 2.45) is 5.73 Å². The standard InChI is InChI=1S/2C3H8NO5P.C3H9N.H3N/c2*5-3(6)1-4-2-10(7,8)9;1-3(2)4;/h2*4H,1-2H2,(H,5,6)(H2,7,8,9);3H,4H2,1-2H3;1H3. The van der Waals surface area contributed by atoms with Gasteiger partial charge in [-0.15, -0.1) is 0 Å². The molecule has 154 valence electrons. The van der Waals surface area contributed by atoms with Crippen molar-refractivity contribution in [3.05, 3.63) is 0 Å². The molecular formula is C9H28N4O10P2. The van der Waals surface area contributed by atoms with E-state index >= 15 is 0 Å². The average Bonchev–Trinajstić information content (AvgIpc) is 2.23. The Hall–Kier alpha value is -0.920. The van der Waals surface area contributed by atoms with Crippen LogP contribution >= 0.6 is 15.2 Å². The minimum absolute atomic E-state index is 0. The first-order valence-corrected chi connectivity index (χ1v) is 9.86. The molecule has 0 atom stereocenters. The van der Waals surface area contributed by atoms with Crippen molar-refractivity contribution in [1.82, 2.24) is 16.8 Å². The van der Waals surface area contributed by atoms with Crippen molar-refractivity contribution >= 4 is 27.1 Å². The second-order valence-corrected chi connectivity index (χ2v) is 7.82. The number of carboxylic acids is 2. The van der Waals surface area contributed by atoms with Crippen molar-refractivity contribution < 1.29 is 48.5 Å². The van der Waals surface area contributed by atoms with Crippen LogP contribution < -0.4 is 22.5 Å². The molecule has 0 fully saturated rings. The fourth-order valence-electron chi connectivity index (χ4n) is 0.617. The SMILES string of the molecule is CC(C)N.N.O=C(O)CNCP(=O)(O)O.O=C(O)CNCP(=O)(O)O. The number of hydrogen-bond acceptors (Lipinski definition) is 8. The predicted octanol–water partition coefficient (Wildman–Crippen LogP) is -1.89. The van der Waals surface area contributed by atoms with Crippen molar-refractivity contribution in [2.75, 3.05) is 25.7 Å². The molecule has 0 aliphatic rings. The highest BCUT2D eigenvalue weighted by Gasteiger charge is 2.12. The summed E-state index contributed by atoms with van der Waals surface area (Å²) in [7, 11) is -8.19. The first-order chi connectivity index (χ1) is 10.6. The van der Waals surface area contributed by atoms with E-state index in [1.807, 2.05) is 13.8 Å². The summed E-state index contributed by atoms with van der Waals surface area (Å²) < 4.78 is 20.1. The molecule has 0 bridgehead atoms. The minimum atomic E-state index is -4.10. The smallest absolute Gasteiger partial charge is 0.339 e. The zero-order valence-electron chi connectivity index (χ0n) is 13.9. The van der Waals surface area contributed by atoms with Gasteiger partial charge in [0, 0.05) is 0 Å². The third-order valence-corrected chi connectivity index (χ3v) is 2.46. The first-order valence-electron chi connectivity index (χ1n) is 6.26. The number of hydrogen-bond donors (Lipinski definition) is 10. The summed E-state index contributed by atoms with van der Waals surface area (Å²) >= 11 is 0. The summed E-state index contributed by atoms with van der Waals surface area (Å²) in [4.78, 5) is 52.3. The second-order valence-electron chi connectivity index (χ2n) is 4.53. The van der Waals surface area contributed by atoms with Crippen LogP contribution in [0, 0.1) is 0 Å². The van der Waals surface area contributed by atoms with Gasteiger partial charge in [0.1, 0.15) is 0 Å². The van der Waals surface area contributed by atoms with Gasteiger partial charge in [0.2, 0.25) is 0 Å². The van der Waals surface area contributed by atoms with Crippen LogP contribution in [-0.2, 0) is 18.7 Å². The van der Waals surface area contributed by atoms with Gasteiger partial charge in [0.25, 0.3) is 0 Å². The third-order valence-electron chi connectivity index (χ3n) is 1.19. The van der Waals surface area contributed by atoms with E-state index < -0.39 is 52.8 Å². The summed E-state index contributed by atoms with van der Waals surface area (Å²) in [5.41, 5.74) is 5.11. The van der Waals surface area contributed by atoms with Crippen LogP contribution in [0.15, 0.2) is 0 Å². The molecule has 0 aromatic carbocycles. The molecule has 0 aliphatic carbocycles. The van der Waals surface area contributed by atoms with Crippen LogP contribution in [-0.4, -0.2) is 73.4 Å². The van der Waals surface area contributed by atoms with Gasteiger partial charge in [-0.25, -0.2) is 0 Å². The van der Waals surface area contributed by atoms with Crippen molar-refractivity contribution in [3.8, 4) is 0 Å². The predicted molar refractivity (Wildman–Crippen MR) is 89.4 cm³/mol. The van der Waals surface area contributed by atoms with Crippen LogP contribution in [0.25, 0.3) is 0 Å². The molecule has 0 aromatic rings. The maximum atomic E-state index is 10.1. The molecule has 25 heavy (non-hydrogen) atoms. The maximum Gasteiger partial charge on any atom is 0.339 e. The van der Waals surface area contributed by atoms with Crippen molar-refractivity contribution in [2.45, 2.75) is 19.9 Å². The number of carboxylic acid groups (broad SMARTS) is 2. The topological polar surface area (TPSA) is 275 Å². The Labute approximate surface area is 144 Å². The first kappa shape index (κ1) is 31.8. The van der Waals surface area contributed by atoms with Gasteiger partial charge in [-0.2, -0.15) is 0 Å². The molecule has 16 heteroatoms. The quantitative estimate of drug-likeness (QED) is 0.194. The van der Waals surface area contributed by atoms with Crippen molar-refractivity contribution in [1.29, 1.82) is 0 Å². The largest absolute Gasteiger partial charge is 0.480 e. The normalized spacial score (nSPS) is 10.6. The molecular weight excluding hydrogens is 386 g/mol. The van der Waals surface area contributed by atoms with Crippen molar-refractivity contribution in [3.63, 3.8) is 0 Å². The Morgan fingerprint density at radius 2 is 1.08 bits per heavy atom. The molecule has 14 nitrogen and oxygen atoms in total. The highest BCUT2D eigenvalue weighted by atomic mass is 31.2. The van der Waals surface area contributed by atoms with E-state index in [0.29, 0.717) is 6.04 Å². The lowest BCUT2D eigenvalue weighted by Gasteiger charge is -2.02. The molecule has 0 saturated carbocycles. The van der Waals surface area contributed by atoms with E-state index in [1.165, 1.54) is 0 Å². The van der Waals surface area contributed by atoms with Gasteiger partial charge in [0.05, 0.1) is 25.7 Å². The monoisotopic (exact) mass is 414 g/mol. The molecule has 0 rings (SSSR count). The zero-order chi connectivity index (χ0) is 20.0. The highest BCUT2D eigenvalue weighted by Crippen LogP contribution is 2.32. The maximum absolute atomic E-state index is 10.1. The molecule has 0 aromatic heterocycles. The Morgan fingerprint density at radius 1 is 0.880 bits per heavy atom. The number of carbonyl (C=O) groups is 2. The number of nitrogens with one attached hydrogen (secondary N) is 2. The summed E-state index contributed by atoms with van der Waals surface area (Å²) in [6, 6.07) is 0.333. The lowest BCUT2D eigenvalue weighted by molar-refractivity contribution is -0.136. The summed E-state index contributed by atoms with van der Waals surface area (Å²) in [6.45, 7) is 3.01. The van der Waals surface area contributed by atoms with Gasteiger partial charge >= 0.3 is 27.1 Å². The molecule has 0 amide bonds. The summed E-state index contributed by atoms with van der Waals surface area (Å²) in [6.07, 6.45) is -1.20. The van der Waals surface area contributed by atoms with Crippen LogP contribution in [0.5, 0.6) is 0 Å². The van der Waals surface area contributed by atoms with E-state index in [0.717, 1.165) is 0 Å². The van der Waals surface area contributed by atoms with E-state index in [-0.39, 0.29) is 6.15 Å². The average molecular weight is 414 g/mol.